The smallest absolute Gasteiger partial charge is 0.417 e. The molecule has 1 aliphatic heterocycles. The van der Waals surface area contributed by atoms with Crippen LogP contribution in [0.1, 0.15) is 16.1 Å². The molecule has 1 aliphatic rings. The van der Waals surface area contributed by atoms with Crippen molar-refractivity contribution in [1.82, 2.24) is 20.3 Å². The van der Waals surface area contributed by atoms with E-state index in [1.165, 1.54) is 12.1 Å². The number of halogens is 5. The van der Waals surface area contributed by atoms with Crippen LogP contribution in [0.4, 0.5) is 17.6 Å². The number of hydrogen-bond donors (Lipinski definition) is 2. The molecule has 3 rings (SSSR count). The Labute approximate surface area is 186 Å². The molecule has 2 heterocycles. The van der Waals surface area contributed by atoms with E-state index >= 15 is 0 Å². The Kier molecular flexibility index (Phi) is 7.88. The molecule has 0 saturated carbocycles. The number of hydrazine groups is 1. The van der Waals surface area contributed by atoms with E-state index in [1.54, 1.807) is 5.01 Å². The van der Waals surface area contributed by atoms with Gasteiger partial charge in [-0.15, -0.1) is 0 Å². The molecule has 1 aromatic heterocycles. The van der Waals surface area contributed by atoms with Gasteiger partial charge in [0.2, 0.25) is 0 Å². The molecule has 2 N–H and O–H groups in total. The minimum Gasteiger partial charge on any atom is -0.491 e. The molecule has 7 nitrogen and oxygen atoms in total. The molecule has 0 aliphatic carbocycles. The van der Waals surface area contributed by atoms with Crippen molar-refractivity contribution in [1.29, 1.82) is 0 Å². The summed E-state index contributed by atoms with van der Waals surface area (Å²) in [4.78, 5) is 17.7. The van der Waals surface area contributed by atoms with Gasteiger partial charge in [0, 0.05) is 45.0 Å². The average molecular weight is 477 g/mol. The Morgan fingerprint density at radius 1 is 1.22 bits per heavy atom. The van der Waals surface area contributed by atoms with Gasteiger partial charge < -0.3 is 9.84 Å². The lowest BCUT2D eigenvalue weighted by molar-refractivity contribution is -0.137. The average Bonchev–Trinajstić information content (AvgIpc) is 2.75. The standard InChI is InChI=1S/C20H21ClF4N4O3/c21-16-3-2-15(9-17(16)22)32-12-14(30)11-28-5-7-29(8-6-28)27-19(31)18-4-1-13(10-26-18)20(23,24)25/h1-4,9-10,14,30H,5-8,11-12H2,(H,27,31). The number of piperazine rings is 1. The number of benzene rings is 1. The third-order valence-electron chi connectivity index (χ3n) is 4.76. The molecule has 12 heteroatoms. The number of carbonyl (C=O) groups excluding carboxylic acids is 1. The Balaban J connectivity index is 1.39. The zero-order valence-corrected chi connectivity index (χ0v) is 17.5. The van der Waals surface area contributed by atoms with Crippen LogP contribution in [-0.4, -0.2) is 71.3 Å². The van der Waals surface area contributed by atoms with Gasteiger partial charge in [-0.05, 0) is 24.3 Å². The second-order valence-corrected chi connectivity index (χ2v) is 7.61. The van der Waals surface area contributed by atoms with Gasteiger partial charge in [0.15, 0.2) is 0 Å². The molecular formula is C20H21ClF4N4O3. The Morgan fingerprint density at radius 2 is 1.94 bits per heavy atom. The summed E-state index contributed by atoms with van der Waals surface area (Å²) >= 11 is 5.61. The molecule has 1 fully saturated rings. The van der Waals surface area contributed by atoms with Crippen molar-refractivity contribution in [2.45, 2.75) is 12.3 Å². The first-order chi connectivity index (χ1) is 15.1. The molecule has 0 spiro atoms. The van der Waals surface area contributed by atoms with Crippen molar-refractivity contribution in [3.05, 3.63) is 58.6 Å². The molecular weight excluding hydrogens is 456 g/mol. The minimum atomic E-state index is -4.51. The highest BCUT2D eigenvalue weighted by Crippen LogP contribution is 2.28. The van der Waals surface area contributed by atoms with E-state index in [0.29, 0.717) is 38.9 Å². The van der Waals surface area contributed by atoms with Gasteiger partial charge in [0.05, 0.1) is 10.6 Å². The lowest BCUT2D eigenvalue weighted by Crippen LogP contribution is -2.55. The normalized spacial score (nSPS) is 16.6. The highest BCUT2D eigenvalue weighted by molar-refractivity contribution is 6.30. The van der Waals surface area contributed by atoms with Crippen LogP contribution in [0.15, 0.2) is 36.5 Å². The lowest BCUT2D eigenvalue weighted by Gasteiger charge is -2.35. The molecule has 0 radical (unpaired) electrons. The van der Waals surface area contributed by atoms with Crippen LogP contribution in [0.3, 0.4) is 0 Å². The molecule has 1 amide bonds. The predicted octanol–water partition coefficient (Wildman–Crippen LogP) is 2.60. The van der Waals surface area contributed by atoms with E-state index in [2.05, 4.69) is 10.4 Å². The van der Waals surface area contributed by atoms with Gasteiger partial charge in [-0.2, -0.15) is 13.2 Å². The third kappa shape index (κ3) is 6.76. The summed E-state index contributed by atoms with van der Waals surface area (Å²) in [7, 11) is 0. The maximum Gasteiger partial charge on any atom is 0.417 e. The number of nitrogens with zero attached hydrogens (tertiary/aromatic N) is 3. The Bertz CT molecular complexity index is 922. The highest BCUT2D eigenvalue weighted by atomic mass is 35.5. The number of hydrogen-bond acceptors (Lipinski definition) is 6. The number of aliphatic hydroxyl groups excluding tert-OH is 1. The van der Waals surface area contributed by atoms with Gasteiger partial charge in [0.25, 0.3) is 5.91 Å². The molecule has 1 atom stereocenters. The highest BCUT2D eigenvalue weighted by Gasteiger charge is 2.31. The second-order valence-electron chi connectivity index (χ2n) is 7.20. The van der Waals surface area contributed by atoms with Crippen LogP contribution in [0.5, 0.6) is 5.75 Å². The van der Waals surface area contributed by atoms with Gasteiger partial charge in [0.1, 0.15) is 30.0 Å². The monoisotopic (exact) mass is 476 g/mol. The fourth-order valence-corrected chi connectivity index (χ4v) is 3.17. The number of amides is 1. The van der Waals surface area contributed by atoms with E-state index in [4.69, 9.17) is 16.3 Å². The minimum absolute atomic E-state index is 0.0167. The second kappa shape index (κ2) is 10.4. The van der Waals surface area contributed by atoms with E-state index in [-0.39, 0.29) is 23.1 Å². The van der Waals surface area contributed by atoms with Crippen molar-refractivity contribution in [2.24, 2.45) is 0 Å². The van der Waals surface area contributed by atoms with Gasteiger partial charge in [-0.1, -0.05) is 11.6 Å². The number of rotatable bonds is 7. The van der Waals surface area contributed by atoms with E-state index < -0.39 is 29.6 Å². The summed E-state index contributed by atoms with van der Waals surface area (Å²) in [5, 5.41) is 11.8. The zero-order chi connectivity index (χ0) is 23.3. The topological polar surface area (TPSA) is 77.9 Å². The summed E-state index contributed by atoms with van der Waals surface area (Å²) in [6.45, 7) is 2.25. The Morgan fingerprint density at radius 3 is 2.53 bits per heavy atom. The maximum atomic E-state index is 13.4. The Hall–Kier alpha value is -2.47. The summed E-state index contributed by atoms with van der Waals surface area (Å²) in [6, 6.07) is 5.85. The van der Waals surface area contributed by atoms with Crippen LogP contribution >= 0.6 is 11.6 Å². The van der Waals surface area contributed by atoms with Crippen molar-refractivity contribution in [3.63, 3.8) is 0 Å². The van der Waals surface area contributed by atoms with Gasteiger partial charge in [-0.25, -0.2) is 9.40 Å². The summed E-state index contributed by atoms with van der Waals surface area (Å²) in [5.41, 5.74) is 1.57. The van der Waals surface area contributed by atoms with Crippen molar-refractivity contribution in [2.75, 3.05) is 39.3 Å². The number of aromatic nitrogens is 1. The van der Waals surface area contributed by atoms with E-state index in [1.807, 2.05) is 4.90 Å². The fourth-order valence-electron chi connectivity index (χ4n) is 3.05. The number of aliphatic hydroxyl groups is 1. The molecule has 1 aromatic carbocycles. The molecule has 1 unspecified atom stereocenters. The number of nitrogens with one attached hydrogen (secondary N) is 1. The zero-order valence-electron chi connectivity index (χ0n) is 16.8. The summed E-state index contributed by atoms with van der Waals surface area (Å²) < 4.78 is 56.5. The first-order valence-electron chi connectivity index (χ1n) is 9.69. The first kappa shape index (κ1) is 24.2. The summed E-state index contributed by atoms with van der Waals surface area (Å²) in [6.07, 6.45) is -4.71. The third-order valence-corrected chi connectivity index (χ3v) is 5.06. The van der Waals surface area contributed by atoms with Crippen LogP contribution in [0.25, 0.3) is 0 Å². The van der Waals surface area contributed by atoms with Crippen LogP contribution in [0, 0.1) is 5.82 Å². The molecule has 174 valence electrons. The largest absolute Gasteiger partial charge is 0.491 e. The fraction of sp³-hybridized carbons (Fsp3) is 0.400. The van der Waals surface area contributed by atoms with E-state index in [9.17, 15) is 27.5 Å². The molecule has 2 aromatic rings. The van der Waals surface area contributed by atoms with Crippen LogP contribution in [-0.2, 0) is 6.18 Å². The lowest BCUT2D eigenvalue weighted by atomic mass is 10.2. The number of carbonyl (C=O) groups is 1. The van der Waals surface area contributed by atoms with Gasteiger partial charge in [-0.3, -0.25) is 20.1 Å². The number of ether oxygens (including phenoxy) is 1. The number of alkyl halides is 3. The van der Waals surface area contributed by atoms with Crippen molar-refractivity contribution >= 4 is 17.5 Å². The number of pyridine rings is 1. The van der Waals surface area contributed by atoms with Crippen molar-refractivity contribution < 1.29 is 32.2 Å². The predicted molar refractivity (Wildman–Crippen MR) is 108 cm³/mol. The van der Waals surface area contributed by atoms with Crippen LogP contribution < -0.4 is 10.2 Å². The quantitative estimate of drug-likeness (QED) is 0.598. The molecule has 32 heavy (non-hydrogen) atoms. The first-order valence-corrected chi connectivity index (χ1v) is 10.1. The SMILES string of the molecule is O=C(NN1CCN(CC(O)COc2ccc(Cl)c(F)c2)CC1)c1ccc(C(F)(F)F)cn1. The van der Waals surface area contributed by atoms with Gasteiger partial charge >= 0.3 is 6.18 Å². The summed E-state index contributed by atoms with van der Waals surface area (Å²) in [5.74, 6) is -0.950. The maximum absolute atomic E-state index is 13.4. The van der Waals surface area contributed by atoms with E-state index in [0.717, 1.165) is 18.2 Å². The molecule has 1 saturated heterocycles. The number of β-amino-alcohol motifs (C(OH)–C–C–N with tert-alkyl or cyclic N) is 1. The molecule has 0 bridgehead atoms. The van der Waals surface area contributed by atoms with Crippen LogP contribution in [0.2, 0.25) is 5.02 Å². The van der Waals surface area contributed by atoms with Crippen molar-refractivity contribution in [3.8, 4) is 5.75 Å².